The van der Waals surface area contributed by atoms with Gasteiger partial charge in [0.2, 0.25) is 9.84 Å². The van der Waals surface area contributed by atoms with Crippen molar-refractivity contribution in [2.24, 2.45) is 11.8 Å². The molecular formula is C53H76ClN5O4S. The number of halogens is 1. The monoisotopic (exact) mass is 914 g/mol. The third-order valence-corrected chi connectivity index (χ3v) is 18.5. The maximum atomic E-state index is 15.0. The van der Waals surface area contributed by atoms with E-state index in [1.807, 2.05) is 19.1 Å². The number of rotatable bonds is 22. The summed E-state index contributed by atoms with van der Waals surface area (Å²) in [5, 5.41) is 12.5. The van der Waals surface area contributed by atoms with Gasteiger partial charge in [-0.2, -0.15) is 4.63 Å². The van der Waals surface area contributed by atoms with Crippen LogP contribution in [0.1, 0.15) is 215 Å². The number of hydrogen-bond donors (Lipinski definition) is 2. The van der Waals surface area contributed by atoms with E-state index in [4.69, 9.17) is 26.4 Å². The zero-order valence-electron chi connectivity index (χ0n) is 39.0. The van der Waals surface area contributed by atoms with Crippen molar-refractivity contribution >= 4 is 33.0 Å². The molecule has 9 nitrogen and oxygen atoms in total. The lowest BCUT2D eigenvalue weighted by Gasteiger charge is -2.58. The van der Waals surface area contributed by atoms with E-state index < -0.39 is 26.2 Å². The van der Waals surface area contributed by atoms with Crippen LogP contribution in [0.5, 0.6) is 5.75 Å². The molecule has 11 heteroatoms. The Labute approximate surface area is 388 Å². The van der Waals surface area contributed by atoms with Crippen LogP contribution in [0.4, 0.5) is 0 Å². The maximum absolute atomic E-state index is 15.0. The highest BCUT2D eigenvalue weighted by Crippen LogP contribution is 2.54. The van der Waals surface area contributed by atoms with Gasteiger partial charge in [0.1, 0.15) is 16.3 Å². The first-order valence-electron chi connectivity index (χ1n) is 25.7. The van der Waals surface area contributed by atoms with E-state index in [-0.39, 0.29) is 10.8 Å². The summed E-state index contributed by atoms with van der Waals surface area (Å²) in [6, 6.07) is 14.5. The number of sulfone groups is 1. The Kier molecular flexibility index (Phi) is 15.8. The molecule has 1 saturated heterocycles. The van der Waals surface area contributed by atoms with Crippen molar-refractivity contribution < 1.29 is 17.9 Å². The van der Waals surface area contributed by atoms with Crippen molar-refractivity contribution in [1.82, 2.24) is 25.1 Å². The van der Waals surface area contributed by atoms with Crippen LogP contribution < -0.4 is 10.1 Å². The lowest BCUT2D eigenvalue weighted by Crippen LogP contribution is -2.86. The standard InChI is InChI=1S/C53H76ClN5O4S/c1-3-4-5-6-7-8-9-10-11-12-13-14-17-23-40-24-22-29-44(38-40)63-53(64(61,62)45-32-30-39(2)31-33-45)51(60)56-52(53)36-34-43(35-37-52)49-55-50-47(54)48(57-59(50)58-49)46(41-25-18-15-19-26-41)42-27-20-16-21-28-42/h22,24,29-33,38,41-43,46,57H,3-21,23,25-28,34-37H2,1-2H3,(H,56,60). The van der Waals surface area contributed by atoms with Crippen molar-refractivity contribution in [2.75, 3.05) is 0 Å². The fraction of sp³-hybridized carbons (Fsp3) is 0.679. The normalized spacial score (nSPS) is 23.5. The van der Waals surface area contributed by atoms with E-state index in [0.717, 1.165) is 36.1 Å². The minimum absolute atomic E-state index is 0.0214. The Balaban J connectivity index is 0.943. The minimum atomic E-state index is -4.31. The van der Waals surface area contributed by atoms with Crippen LogP contribution in [0.3, 0.4) is 0 Å². The lowest BCUT2D eigenvalue weighted by molar-refractivity contribution is -0.158. The maximum Gasteiger partial charge on any atom is 0.313 e. The molecule has 1 unspecified atom stereocenters. The van der Waals surface area contributed by atoms with Crippen LogP contribution in [0.25, 0.3) is 5.65 Å². The van der Waals surface area contributed by atoms with Crippen LogP contribution in [0.2, 0.25) is 5.02 Å². The number of nitrogens with zero attached hydrogens (tertiary/aromatic N) is 3. The molecule has 4 aliphatic rings. The second-order valence-electron chi connectivity index (χ2n) is 20.4. The van der Waals surface area contributed by atoms with Gasteiger partial charge in [0.05, 0.1) is 10.6 Å². The molecule has 1 amide bonds. The summed E-state index contributed by atoms with van der Waals surface area (Å²) < 4.78 is 38.5. The highest BCUT2D eigenvalue weighted by Gasteiger charge is 2.76. The second kappa shape index (κ2) is 21.5. The van der Waals surface area contributed by atoms with Gasteiger partial charge < -0.3 is 10.1 Å². The molecule has 4 aromatic rings. The number of carbonyl (C=O) groups is 1. The number of aromatic nitrogens is 4. The first-order chi connectivity index (χ1) is 31.2. The number of nitrogens with one attached hydrogen (secondary N) is 2. The summed E-state index contributed by atoms with van der Waals surface area (Å²) in [6.45, 7) is 4.20. The molecule has 3 saturated carbocycles. The number of benzene rings is 2. The van der Waals surface area contributed by atoms with E-state index in [1.54, 1.807) is 35.0 Å². The lowest BCUT2D eigenvalue weighted by atomic mass is 9.68. The number of β-lactam (4-membered cyclic amide) rings is 1. The highest BCUT2D eigenvalue weighted by atomic mass is 35.5. The fourth-order valence-corrected chi connectivity index (χ4v) is 14.6. The van der Waals surface area contributed by atoms with Gasteiger partial charge in [0, 0.05) is 11.8 Å². The van der Waals surface area contributed by atoms with Crippen LogP contribution >= 0.6 is 11.6 Å². The summed E-state index contributed by atoms with van der Waals surface area (Å²) in [5.74, 6) is 2.17. The molecule has 350 valence electrons. The fourth-order valence-electron chi connectivity index (χ4n) is 12.2. The zero-order chi connectivity index (χ0) is 44.6. The SMILES string of the molecule is CCCCCCCCCCCCCCCc1cccc(OC2(S(=O)(=O)c3ccc(C)cc3)C(=O)NC23CCC(c2nc4c(Cl)c(C(C5CCCCC5)C5CCCCC5)[nH]n4n2)CC3)c1. The third kappa shape index (κ3) is 9.99. The van der Waals surface area contributed by atoms with Crippen LogP contribution in [0.15, 0.2) is 53.4 Å². The van der Waals surface area contributed by atoms with Crippen molar-refractivity contribution in [1.29, 1.82) is 0 Å². The number of carbonyl (C=O) groups excluding carboxylic acids is 1. The van der Waals surface area contributed by atoms with Crippen LogP contribution in [0, 0.1) is 18.8 Å². The van der Waals surface area contributed by atoms with Crippen molar-refractivity contribution in [3.8, 4) is 5.75 Å². The van der Waals surface area contributed by atoms with Gasteiger partial charge in [-0.05, 0) is 113 Å². The summed E-state index contributed by atoms with van der Waals surface area (Å²) >= 11 is 7.28. The summed E-state index contributed by atoms with van der Waals surface area (Å²) in [4.78, 5) is 17.2. The molecule has 0 bridgehead atoms. The van der Waals surface area contributed by atoms with E-state index in [2.05, 4.69) is 23.4 Å². The smallest absolute Gasteiger partial charge is 0.313 e. The molecule has 1 atom stereocenters. The molecule has 8 rings (SSSR count). The Morgan fingerprint density at radius 2 is 1.36 bits per heavy atom. The summed E-state index contributed by atoms with van der Waals surface area (Å²) in [6.07, 6.45) is 32.7. The van der Waals surface area contributed by atoms with E-state index in [1.165, 1.54) is 135 Å². The number of fused-ring (bicyclic) bond motifs is 1. The number of ether oxygens (including phenoxy) is 1. The topological polar surface area (TPSA) is 118 Å². The van der Waals surface area contributed by atoms with E-state index in [9.17, 15) is 13.2 Å². The van der Waals surface area contributed by atoms with Crippen LogP contribution in [-0.2, 0) is 21.1 Å². The molecule has 2 aromatic heterocycles. The van der Waals surface area contributed by atoms with E-state index >= 15 is 0 Å². The van der Waals surface area contributed by atoms with Crippen LogP contribution in [-0.4, -0.2) is 44.6 Å². The average Bonchev–Trinajstić information content (AvgIpc) is 3.87. The van der Waals surface area contributed by atoms with Crippen molar-refractivity contribution in [3.05, 3.63) is 76.2 Å². The Morgan fingerprint density at radius 1 is 0.781 bits per heavy atom. The van der Waals surface area contributed by atoms with Gasteiger partial charge in [0.15, 0.2) is 11.5 Å². The molecule has 64 heavy (non-hydrogen) atoms. The molecule has 1 spiro atoms. The number of aromatic amines is 1. The number of amides is 1. The summed E-state index contributed by atoms with van der Waals surface area (Å²) in [7, 11) is -4.31. The van der Waals surface area contributed by atoms with Gasteiger partial charge >= 0.3 is 4.93 Å². The Hall–Kier alpha value is -3.37. The molecule has 4 fully saturated rings. The number of aryl methyl sites for hydroxylation is 2. The van der Waals surface area contributed by atoms with Gasteiger partial charge in [-0.1, -0.05) is 164 Å². The molecule has 0 radical (unpaired) electrons. The first kappa shape index (κ1) is 47.1. The molecule has 3 heterocycles. The van der Waals surface area contributed by atoms with E-state index in [0.29, 0.717) is 65.7 Å². The zero-order valence-corrected chi connectivity index (χ0v) is 40.6. The van der Waals surface area contributed by atoms with Crippen molar-refractivity contribution in [2.45, 2.75) is 221 Å². The van der Waals surface area contributed by atoms with Gasteiger partial charge in [-0.15, -0.1) is 5.10 Å². The van der Waals surface area contributed by atoms with Gasteiger partial charge in [0.25, 0.3) is 5.91 Å². The molecule has 3 aliphatic carbocycles. The summed E-state index contributed by atoms with van der Waals surface area (Å²) in [5.41, 5.74) is 2.71. The van der Waals surface area contributed by atoms with Gasteiger partial charge in [-0.3, -0.25) is 9.89 Å². The van der Waals surface area contributed by atoms with Crippen molar-refractivity contribution in [3.63, 3.8) is 0 Å². The number of unbranched alkanes of at least 4 members (excludes halogenated alkanes) is 12. The quantitative estimate of drug-likeness (QED) is 0.0599. The molecular weight excluding hydrogens is 838 g/mol. The Morgan fingerprint density at radius 3 is 1.92 bits per heavy atom. The average molecular weight is 915 g/mol. The molecule has 2 N–H and O–H groups in total. The number of H-pyrrole nitrogens is 1. The largest absolute Gasteiger partial charge is 0.459 e. The molecule has 1 aliphatic heterocycles. The number of hydrogen-bond acceptors (Lipinski definition) is 6. The van der Waals surface area contributed by atoms with Gasteiger partial charge in [-0.25, -0.2) is 13.4 Å². The second-order valence-corrected chi connectivity index (χ2v) is 22.8. The predicted octanol–water partition coefficient (Wildman–Crippen LogP) is 13.7. The minimum Gasteiger partial charge on any atom is -0.459 e. The Bertz CT molecular complexity index is 2220. The third-order valence-electron chi connectivity index (χ3n) is 15.9. The highest BCUT2D eigenvalue weighted by molar-refractivity contribution is 7.93. The first-order valence-corrected chi connectivity index (χ1v) is 27.6. The predicted molar refractivity (Wildman–Crippen MR) is 258 cm³/mol. The molecule has 2 aromatic carbocycles.